The second-order valence-corrected chi connectivity index (χ2v) is 10.7. The highest BCUT2D eigenvalue weighted by molar-refractivity contribution is 7.87. The average Bonchev–Trinajstić information content (AvgIpc) is 2.91. The summed E-state index contributed by atoms with van der Waals surface area (Å²) in [6.45, 7) is -7.77. The van der Waals surface area contributed by atoms with E-state index in [1.165, 1.54) is 0 Å². The molecule has 50 heavy (non-hydrogen) atoms. The normalized spacial score (nSPS) is 16.1. The van der Waals surface area contributed by atoms with Gasteiger partial charge >= 0.3 is 84.0 Å². The molecule has 0 fully saturated rings. The zero-order chi connectivity index (χ0) is 40.9. The van der Waals surface area contributed by atoms with Crippen molar-refractivity contribution in [3.05, 3.63) is 0 Å². The predicted octanol–water partition coefficient (Wildman–Crippen LogP) is 6.26. The van der Waals surface area contributed by atoms with Crippen molar-refractivity contribution < 1.29 is 137 Å². The van der Waals surface area contributed by atoms with Gasteiger partial charge in [-0.25, -0.2) is 26.0 Å². The van der Waals surface area contributed by atoms with E-state index in [-0.39, 0.29) is 0 Å². The summed E-state index contributed by atoms with van der Waals surface area (Å²) in [6, 6.07) is 0. The van der Waals surface area contributed by atoms with Crippen molar-refractivity contribution in [3.8, 4) is 0 Å². The number of halogens is 24. The van der Waals surface area contributed by atoms with E-state index in [0.29, 0.717) is 0 Å². The highest BCUT2D eigenvalue weighted by Gasteiger charge is 2.89. The van der Waals surface area contributed by atoms with Crippen molar-refractivity contribution in [2.24, 2.45) is 0 Å². The van der Waals surface area contributed by atoms with Crippen LogP contribution in [0.25, 0.3) is 0 Å². The smallest absolute Gasteiger partial charge is 0.384 e. The molecule has 0 radical (unpaired) electrons. The minimum absolute atomic E-state index is 2.90. The van der Waals surface area contributed by atoms with Crippen molar-refractivity contribution in [3.63, 3.8) is 0 Å². The molecule has 0 aromatic heterocycles. The first-order valence-electron chi connectivity index (χ1n) is 11.1. The number of rotatable bonds is 18. The van der Waals surface area contributed by atoms with Crippen LogP contribution in [0.1, 0.15) is 6.42 Å². The van der Waals surface area contributed by atoms with E-state index in [2.05, 4.69) is 9.47 Å². The van der Waals surface area contributed by atoms with Gasteiger partial charge in [-0.1, -0.05) is 0 Å². The highest BCUT2D eigenvalue weighted by Crippen LogP contribution is 2.59. The maximum Gasteiger partial charge on any atom is 0.384 e. The lowest BCUT2D eigenvalue weighted by atomic mass is 9.94. The third-order valence-electron chi connectivity index (χ3n) is 5.66. The molecule has 0 N–H and O–H groups in total. The molecular formula is C18H9F24O7S-. The molecule has 0 aromatic carbocycles. The lowest BCUT2D eigenvalue weighted by Gasteiger charge is -2.39. The van der Waals surface area contributed by atoms with Gasteiger partial charge in [0.25, 0.3) is 0 Å². The number of hydrogen-bond acceptors (Lipinski definition) is 7. The Bertz CT molecular complexity index is 1340. The number of alkyl halides is 24. The molecule has 0 aliphatic heterocycles. The third-order valence-corrected chi connectivity index (χ3v) is 6.71. The maximum absolute atomic E-state index is 13.7. The van der Waals surface area contributed by atoms with Crippen molar-refractivity contribution >= 4 is 22.1 Å². The number of ether oxygens (including phenoxy) is 2. The molecule has 0 saturated carbocycles. The van der Waals surface area contributed by atoms with Crippen LogP contribution in [0.2, 0.25) is 0 Å². The van der Waals surface area contributed by atoms with E-state index in [4.69, 9.17) is 0 Å². The fourth-order valence-corrected chi connectivity index (χ4v) is 3.31. The van der Waals surface area contributed by atoms with E-state index in [0.717, 1.165) is 0 Å². The molecule has 0 saturated heterocycles. The van der Waals surface area contributed by atoms with Crippen molar-refractivity contribution in [2.45, 2.75) is 83.7 Å². The van der Waals surface area contributed by atoms with Crippen molar-refractivity contribution in [1.82, 2.24) is 0 Å². The summed E-state index contributed by atoms with van der Waals surface area (Å²) >= 11 is 0. The van der Waals surface area contributed by atoms with E-state index in [1.807, 2.05) is 0 Å². The summed E-state index contributed by atoms with van der Waals surface area (Å²) in [7, 11) is -6.81. The third kappa shape index (κ3) is 7.67. The van der Waals surface area contributed by atoms with Crippen LogP contribution in [0.3, 0.4) is 0 Å². The largest absolute Gasteiger partial charge is 0.747 e. The minimum atomic E-state index is -8.24. The van der Waals surface area contributed by atoms with Gasteiger partial charge in [0.05, 0.1) is 6.42 Å². The van der Waals surface area contributed by atoms with Gasteiger partial charge in [-0.05, 0) is 0 Å². The molecule has 0 aromatic rings. The van der Waals surface area contributed by atoms with Crippen LogP contribution in [-0.4, -0.2) is 115 Å². The quantitative estimate of drug-likeness (QED) is 0.0913. The molecule has 1 unspecified atom stereocenters. The molecule has 7 nitrogen and oxygen atoms in total. The average molecular weight is 825 g/mol. The Morgan fingerprint density at radius 1 is 0.500 bits per heavy atom. The Balaban J connectivity index is 6.16. The maximum atomic E-state index is 13.7. The van der Waals surface area contributed by atoms with Gasteiger partial charge in [0.1, 0.15) is 10.1 Å². The SMILES string of the molecule is O=C(CC(C(=O)OCC(F)(F)C(F)(F)C(F)(F)C(F)(F)C(F)(F)C(F)F)S(=O)(=O)[O-])OCC(F)(F)C(F)(F)C(F)(F)C(F)(F)C(F)(F)C(F)F. The van der Waals surface area contributed by atoms with Crippen LogP contribution in [0.15, 0.2) is 0 Å². The zero-order valence-electron chi connectivity index (χ0n) is 22.2. The van der Waals surface area contributed by atoms with E-state index in [1.54, 1.807) is 0 Å². The van der Waals surface area contributed by atoms with Crippen LogP contribution >= 0.6 is 0 Å². The number of esters is 2. The molecule has 298 valence electrons. The summed E-state index contributed by atoms with van der Waals surface area (Å²) in [5, 5.41) is -4.21. The second kappa shape index (κ2) is 13.6. The van der Waals surface area contributed by atoms with Gasteiger partial charge in [0, 0.05) is 0 Å². The van der Waals surface area contributed by atoms with Gasteiger partial charge in [-0.3, -0.25) is 9.59 Å². The highest BCUT2D eigenvalue weighted by atomic mass is 32.2. The van der Waals surface area contributed by atoms with E-state index in [9.17, 15) is 128 Å². The van der Waals surface area contributed by atoms with Gasteiger partial charge in [0.15, 0.2) is 18.5 Å². The number of hydrogen-bond donors (Lipinski definition) is 0. The van der Waals surface area contributed by atoms with Crippen molar-refractivity contribution in [1.29, 1.82) is 0 Å². The summed E-state index contributed by atoms with van der Waals surface area (Å²) < 4.78 is 354. The number of carbonyl (C=O) groups excluding carboxylic acids is 2. The van der Waals surface area contributed by atoms with E-state index >= 15 is 0 Å². The molecule has 0 heterocycles. The molecule has 0 aliphatic rings. The predicted molar refractivity (Wildman–Crippen MR) is 101 cm³/mol. The minimum Gasteiger partial charge on any atom is -0.747 e. The van der Waals surface area contributed by atoms with Crippen LogP contribution in [-0.2, 0) is 29.2 Å². The van der Waals surface area contributed by atoms with E-state index < -0.39 is 119 Å². The van der Waals surface area contributed by atoms with Gasteiger partial charge in [-0.15, -0.1) is 0 Å². The van der Waals surface area contributed by atoms with Crippen LogP contribution < -0.4 is 0 Å². The standard InChI is InChI=1S/C18H10F24O7S/c19-7(20)11(27,28)15(35,36)17(39,40)13(31,32)9(23,24)2-48-5(43)1-4(50(45,46)47)6(44)49-3-10(25,26)14(33,34)18(41,42)16(37,38)12(29,30)8(21)22/h4,7-8H,1-3H2,(H,45,46,47)/p-1. The van der Waals surface area contributed by atoms with Gasteiger partial charge in [-0.2, -0.15) is 87.8 Å². The fourth-order valence-electron chi connectivity index (χ4n) is 2.67. The Morgan fingerprint density at radius 2 is 0.780 bits per heavy atom. The molecule has 1 atom stereocenters. The van der Waals surface area contributed by atoms with Crippen LogP contribution in [0.4, 0.5) is 105 Å². The van der Waals surface area contributed by atoms with Crippen LogP contribution in [0.5, 0.6) is 0 Å². The van der Waals surface area contributed by atoms with Crippen molar-refractivity contribution in [2.75, 3.05) is 13.2 Å². The molecule has 0 amide bonds. The molecule has 0 aliphatic carbocycles. The lowest BCUT2D eigenvalue weighted by Crippen LogP contribution is -2.69. The summed E-state index contributed by atoms with van der Waals surface area (Å²) in [5.41, 5.74) is 0. The molecular weight excluding hydrogens is 816 g/mol. The van der Waals surface area contributed by atoms with Gasteiger partial charge in [0.2, 0.25) is 0 Å². The van der Waals surface area contributed by atoms with Crippen LogP contribution in [0, 0.1) is 0 Å². The molecule has 0 rings (SSSR count). The Labute approximate surface area is 257 Å². The lowest BCUT2D eigenvalue weighted by molar-refractivity contribution is -0.414. The Hall–Kier alpha value is -2.83. The zero-order valence-corrected chi connectivity index (χ0v) is 23.0. The molecule has 0 bridgehead atoms. The fraction of sp³-hybridized carbons (Fsp3) is 0.889. The molecule has 32 heteroatoms. The summed E-state index contributed by atoms with van der Waals surface area (Å²) in [4.78, 5) is 23.1. The first-order chi connectivity index (χ1) is 21.5. The monoisotopic (exact) mass is 825 g/mol. The van der Waals surface area contributed by atoms with Gasteiger partial charge < -0.3 is 14.0 Å². The molecule has 0 spiro atoms. The first-order valence-corrected chi connectivity index (χ1v) is 12.6. The topological polar surface area (TPSA) is 110 Å². The second-order valence-electron chi connectivity index (χ2n) is 9.16. The summed E-state index contributed by atoms with van der Waals surface area (Å²) in [6.07, 6.45) is -14.8. The Morgan fingerprint density at radius 3 is 1.04 bits per heavy atom. The number of carbonyl (C=O) groups is 2. The summed E-state index contributed by atoms with van der Waals surface area (Å²) in [5.74, 6) is -84.4. The Kier molecular flexibility index (Phi) is 12.8. The first kappa shape index (κ1) is 47.2.